The van der Waals surface area contributed by atoms with Crippen LogP contribution in [0.3, 0.4) is 0 Å². The number of pyridine rings is 1. The SMILES string of the molecule is Cc1ccc(OCC#CCNC(=O)C(C)C)cn1. The fraction of sp³-hybridized carbons (Fsp3) is 0.429. The zero-order valence-corrected chi connectivity index (χ0v) is 11.0. The van der Waals surface area contributed by atoms with Gasteiger partial charge in [-0.15, -0.1) is 0 Å². The molecule has 0 aromatic carbocycles. The van der Waals surface area contributed by atoms with Gasteiger partial charge >= 0.3 is 0 Å². The molecular formula is C14H18N2O2. The third-order valence-electron chi connectivity index (χ3n) is 2.20. The Morgan fingerprint density at radius 1 is 1.44 bits per heavy atom. The molecule has 0 atom stereocenters. The Morgan fingerprint density at radius 3 is 2.83 bits per heavy atom. The third-order valence-corrected chi connectivity index (χ3v) is 2.20. The highest BCUT2D eigenvalue weighted by atomic mass is 16.5. The Labute approximate surface area is 108 Å². The van der Waals surface area contributed by atoms with Gasteiger partial charge in [-0.25, -0.2) is 0 Å². The first-order valence-corrected chi connectivity index (χ1v) is 5.88. The molecule has 18 heavy (non-hydrogen) atoms. The fourth-order valence-electron chi connectivity index (χ4n) is 1.11. The van der Waals surface area contributed by atoms with E-state index in [-0.39, 0.29) is 11.8 Å². The topological polar surface area (TPSA) is 51.2 Å². The first kappa shape index (κ1) is 14.0. The molecule has 96 valence electrons. The first-order valence-electron chi connectivity index (χ1n) is 5.88. The van der Waals surface area contributed by atoms with Crippen molar-refractivity contribution in [3.63, 3.8) is 0 Å². The second-order valence-corrected chi connectivity index (χ2v) is 4.15. The minimum Gasteiger partial charge on any atom is -0.479 e. The molecule has 1 N–H and O–H groups in total. The number of carbonyl (C=O) groups is 1. The van der Waals surface area contributed by atoms with Crippen LogP contribution in [0.4, 0.5) is 0 Å². The number of nitrogens with zero attached hydrogens (tertiary/aromatic N) is 1. The number of ether oxygens (including phenoxy) is 1. The van der Waals surface area contributed by atoms with Crippen LogP contribution in [-0.2, 0) is 4.79 Å². The largest absolute Gasteiger partial charge is 0.479 e. The van der Waals surface area contributed by atoms with E-state index in [1.165, 1.54) is 0 Å². The summed E-state index contributed by atoms with van der Waals surface area (Å²) in [5, 5.41) is 2.71. The average Bonchev–Trinajstić information content (AvgIpc) is 2.35. The summed E-state index contributed by atoms with van der Waals surface area (Å²) in [5.41, 5.74) is 0.949. The Kier molecular flexibility index (Phi) is 5.72. The second kappa shape index (κ2) is 7.33. The van der Waals surface area contributed by atoms with Gasteiger partial charge in [0, 0.05) is 11.6 Å². The van der Waals surface area contributed by atoms with Gasteiger partial charge in [0.2, 0.25) is 5.91 Å². The van der Waals surface area contributed by atoms with E-state index in [2.05, 4.69) is 22.1 Å². The predicted octanol–water partition coefficient (Wildman–Crippen LogP) is 1.54. The molecule has 0 fully saturated rings. The average molecular weight is 246 g/mol. The van der Waals surface area contributed by atoms with Crippen LogP contribution in [0.1, 0.15) is 19.5 Å². The van der Waals surface area contributed by atoms with Crippen LogP contribution in [-0.4, -0.2) is 24.0 Å². The van der Waals surface area contributed by atoms with Crippen molar-refractivity contribution in [1.82, 2.24) is 10.3 Å². The first-order chi connectivity index (χ1) is 8.59. The Balaban J connectivity index is 2.22. The van der Waals surface area contributed by atoms with E-state index in [9.17, 15) is 4.79 Å². The maximum atomic E-state index is 11.2. The Hall–Kier alpha value is -2.02. The molecule has 0 unspecified atom stereocenters. The molecule has 4 nitrogen and oxygen atoms in total. The number of hydrogen-bond donors (Lipinski definition) is 1. The molecule has 4 heteroatoms. The molecule has 0 saturated carbocycles. The highest BCUT2D eigenvalue weighted by molar-refractivity contribution is 5.78. The van der Waals surface area contributed by atoms with Gasteiger partial charge < -0.3 is 10.1 Å². The van der Waals surface area contributed by atoms with Crippen LogP contribution in [0.15, 0.2) is 18.3 Å². The molecule has 1 heterocycles. The summed E-state index contributed by atoms with van der Waals surface area (Å²) < 4.78 is 5.37. The smallest absolute Gasteiger partial charge is 0.223 e. The molecule has 1 aromatic rings. The van der Waals surface area contributed by atoms with Gasteiger partial charge in [-0.1, -0.05) is 25.7 Å². The summed E-state index contributed by atoms with van der Waals surface area (Å²) in [6.45, 7) is 6.25. The molecule has 1 aromatic heterocycles. The lowest BCUT2D eigenvalue weighted by molar-refractivity contribution is -0.123. The van der Waals surface area contributed by atoms with Crippen molar-refractivity contribution in [2.45, 2.75) is 20.8 Å². The zero-order valence-electron chi connectivity index (χ0n) is 11.0. The van der Waals surface area contributed by atoms with Crippen LogP contribution in [0.2, 0.25) is 0 Å². The van der Waals surface area contributed by atoms with E-state index >= 15 is 0 Å². The summed E-state index contributed by atoms with van der Waals surface area (Å²) >= 11 is 0. The lowest BCUT2D eigenvalue weighted by Crippen LogP contribution is -2.27. The lowest BCUT2D eigenvalue weighted by atomic mass is 10.2. The van der Waals surface area contributed by atoms with Gasteiger partial charge in [0.15, 0.2) is 0 Å². The quantitative estimate of drug-likeness (QED) is 0.820. The van der Waals surface area contributed by atoms with E-state index < -0.39 is 0 Å². The van der Waals surface area contributed by atoms with Crippen molar-refractivity contribution in [3.8, 4) is 17.6 Å². The number of carbonyl (C=O) groups excluding carboxylic acids is 1. The zero-order chi connectivity index (χ0) is 13.4. The van der Waals surface area contributed by atoms with E-state index in [0.29, 0.717) is 18.9 Å². The highest BCUT2D eigenvalue weighted by Gasteiger charge is 2.03. The highest BCUT2D eigenvalue weighted by Crippen LogP contribution is 2.07. The number of aryl methyl sites for hydroxylation is 1. The van der Waals surface area contributed by atoms with Crippen molar-refractivity contribution in [1.29, 1.82) is 0 Å². The van der Waals surface area contributed by atoms with E-state index in [1.807, 2.05) is 32.9 Å². The van der Waals surface area contributed by atoms with Crippen LogP contribution < -0.4 is 10.1 Å². The van der Waals surface area contributed by atoms with Crippen molar-refractivity contribution in [3.05, 3.63) is 24.0 Å². The van der Waals surface area contributed by atoms with Gasteiger partial charge in [-0.05, 0) is 19.1 Å². The van der Waals surface area contributed by atoms with Gasteiger partial charge in [-0.3, -0.25) is 9.78 Å². The van der Waals surface area contributed by atoms with Crippen molar-refractivity contribution >= 4 is 5.91 Å². The molecule has 0 aliphatic heterocycles. The molecule has 1 amide bonds. The summed E-state index contributed by atoms with van der Waals surface area (Å²) in [7, 11) is 0. The molecule has 0 saturated heterocycles. The Morgan fingerprint density at radius 2 is 2.22 bits per heavy atom. The minimum atomic E-state index is -0.0123. The number of nitrogens with one attached hydrogen (secondary N) is 1. The van der Waals surface area contributed by atoms with Crippen molar-refractivity contribution < 1.29 is 9.53 Å². The Bertz CT molecular complexity index is 441. The van der Waals surface area contributed by atoms with Crippen LogP contribution in [0.5, 0.6) is 5.75 Å². The van der Waals surface area contributed by atoms with Gasteiger partial charge in [0.1, 0.15) is 12.4 Å². The molecule has 0 aliphatic rings. The van der Waals surface area contributed by atoms with Crippen molar-refractivity contribution in [2.75, 3.05) is 13.2 Å². The molecule has 0 bridgehead atoms. The van der Waals surface area contributed by atoms with Gasteiger partial charge in [0.25, 0.3) is 0 Å². The number of amides is 1. The summed E-state index contributed by atoms with van der Waals surface area (Å²) in [5.74, 6) is 6.34. The van der Waals surface area contributed by atoms with Crippen LogP contribution >= 0.6 is 0 Å². The van der Waals surface area contributed by atoms with E-state index in [1.54, 1.807) is 6.20 Å². The normalized spacial score (nSPS) is 9.56. The van der Waals surface area contributed by atoms with E-state index in [0.717, 1.165) is 5.69 Å². The minimum absolute atomic E-state index is 0.00736. The summed E-state index contributed by atoms with van der Waals surface area (Å²) in [4.78, 5) is 15.3. The number of rotatable bonds is 4. The molecule has 0 aliphatic carbocycles. The summed E-state index contributed by atoms with van der Waals surface area (Å²) in [6.07, 6.45) is 1.66. The number of hydrogen-bond acceptors (Lipinski definition) is 3. The van der Waals surface area contributed by atoms with Crippen LogP contribution in [0.25, 0.3) is 0 Å². The fourth-order valence-corrected chi connectivity index (χ4v) is 1.11. The second-order valence-electron chi connectivity index (χ2n) is 4.15. The summed E-state index contributed by atoms with van der Waals surface area (Å²) in [6, 6.07) is 3.73. The van der Waals surface area contributed by atoms with Gasteiger partial charge in [0.05, 0.1) is 12.7 Å². The standard InChI is InChI=1S/C14H18N2O2/c1-11(2)14(17)15-8-4-5-9-18-13-7-6-12(3)16-10-13/h6-7,10-11H,8-9H2,1-3H3,(H,15,17). The van der Waals surface area contributed by atoms with E-state index in [4.69, 9.17) is 4.74 Å². The van der Waals surface area contributed by atoms with Gasteiger partial charge in [-0.2, -0.15) is 0 Å². The molecule has 0 spiro atoms. The number of aromatic nitrogens is 1. The lowest BCUT2D eigenvalue weighted by Gasteiger charge is -2.03. The third kappa shape index (κ3) is 5.35. The molecule has 1 rings (SSSR count). The maximum Gasteiger partial charge on any atom is 0.223 e. The predicted molar refractivity (Wildman–Crippen MR) is 70.1 cm³/mol. The van der Waals surface area contributed by atoms with Crippen molar-refractivity contribution in [2.24, 2.45) is 5.92 Å². The molecule has 0 radical (unpaired) electrons. The van der Waals surface area contributed by atoms with Crippen LogP contribution in [0, 0.1) is 24.7 Å². The monoisotopic (exact) mass is 246 g/mol. The maximum absolute atomic E-state index is 11.2. The molecular weight excluding hydrogens is 228 g/mol.